The van der Waals surface area contributed by atoms with Gasteiger partial charge in [-0.25, -0.2) is 0 Å². The number of hydrogen-bond acceptors (Lipinski definition) is 5. The zero-order valence-corrected chi connectivity index (χ0v) is 10.5. The maximum Gasteiger partial charge on any atom is 0.344 e. The van der Waals surface area contributed by atoms with E-state index in [4.69, 9.17) is 9.05 Å². The van der Waals surface area contributed by atoms with Crippen molar-refractivity contribution in [3.8, 4) is 0 Å². The van der Waals surface area contributed by atoms with Crippen molar-refractivity contribution < 1.29 is 13.6 Å². The predicted molar refractivity (Wildman–Crippen MR) is 60.2 cm³/mol. The number of hydrogen-bond donors (Lipinski definition) is 1. The lowest BCUT2D eigenvalue weighted by atomic mass is 10.4. The molecule has 6 heteroatoms. The Morgan fingerprint density at radius 1 is 1.20 bits per heavy atom. The summed E-state index contributed by atoms with van der Waals surface area (Å²) in [5.41, 5.74) is 0. The van der Waals surface area contributed by atoms with Crippen LogP contribution in [0.3, 0.4) is 0 Å². The number of rotatable bonds is 6. The maximum absolute atomic E-state index is 12.2. The highest BCUT2D eigenvalue weighted by molar-refractivity contribution is 7.53. The monoisotopic (exact) mass is 236 g/mol. The van der Waals surface area contributed by atoms with Gasteiger partial charge in [-0.3, -0.25) is 9.46 Å². The van der Waals surface area contributed by atoms with Crippen molar-refractivity contribution in [2.45, 2.75) is 13.8 Å². The molecular formula is C9H21N2O3P. The Labute approximate surface area is 91.7 Å². The van der Waals surface area contributed by atoms with Gasteiger partial charge < -0.3 is 14.4 Å². The first-order valence-corrected chi connectivity index (χ1v) is 7.24. The van der Waals surface area contributed by atoms with Crippen LogP contribution in [-0.4, -0.2) is 50.6 Å². The Balaban J connectivity index is 2.45. The lowest BCUT2D eigenvalue weighted by molar-refractivity contribution is 0.189. The van der Waals surface area contributed by atoms with Crippen LogP contribution in [0.1, 0.15) is 13.8 Å². The van der Waals surface area contributed by atoms with Gasteiger partial charge in [-0.05, 0) is 13.8 Å². The number of nitrogens with one attached hydrogen (secondary N) is 1. The molecule has 0 spiro atoms. The molecular weight excluding hydrogens is 215 g/mol. The molecule has 1 N–H and O–H groups in total. The second-order valence-electron chi connectivity index (χ2n) is 3.46. The van der Waals surface area contributed by atoms with Crippen molar-refractivity contribution in [1.82, 2.24) is 10.2 Å². The second-order valence-corrected chi connectivity index (χ2v) is 5.48. The standard InChI is InChI=1S/C9H21N2O3P/c1-3-13-15(12,14-4-2)9-11-7-5-10-6-8-11/h10H,3-9H2,1-2H3. The van der Waals surface area contributed by atoms with Gasteiger partial charge in [0.2, 0.25) is 0 Å². The van der Waals surface area contributed by atoms with Crippen LogP contribution in [0.5, 0.6) is 0 Å². The Morgan fingerprint density at radius 2 is 1.73 bits per heavy atom. The average molecular weight is 236 g/mol. The highest BCUT2D eigenvalue weighted by atomic mass is 31.2. The van der Waals surface area contributed by atoms with Crippen LogP contribution in [0.2, 0.25) is 0 Å². The fraction of sp³-hybridized carbons (Fsp3) is 1.00. The summed E-state index contributed by atoms with van der Waals surface area (Å²) in [7, 11) is -2.89. The lowest BCUT2D eigenvalue weighted by Crippen LogP contribution is -2.43. The molecule has 1 saturated heterocycles. The van der Waals surface area contributed by atoms with Gasteiger partial charge >= 0.3 is 7.60 Å². The second kappa shape index (κ2) is 6.61. The molecule has 0 aromatic rings. The fourth-order valence-corrected chi connectivity index (χ4v) is 3.41. The minimum absolute atomic E-state index is 0.413. The Morgan fingerprint density at radius 3 is 2.20 bits per heavy atom. The van der Waals surface area contributed by atoms with Gasteiger partial charge in [-0.2, -0.15) is 0 Å². The molecule has 15 heavy (non-hydrogen) atoms. The van der Waals surface area contributed by atoms with Gasteiger partial charge in [-0.1, -0.05) is 0 Å². The van der Waals surface area contributed by atoms with Crippen molar-refractivity contribution in [3.05, 3.63) is 0 Å². The van der Waals surface area contributed by atoms with Crippen molar-refractivity contribution in [1.29, 1.82) is 0 Å². The van der Waals surface area contributed by atoms with Crippen molar-refractivity contribution in [2.75, 3.05) is 45.7 Å². The molecule has 0 bridgehead atoms. The molecule has 0 radical (unpaired) electrons. The highest BCUT2D eigenvalue weighted by Gasteiger charge is 2.27. The van der Waals surface area contributed by atoms with E-state index in [9.17, 15) is 4.57 Å². The van der Waals surface area contributed by atoms with Crippen LogP contribution in [0, 0.1) is 0 Å². The van der Waals surface area contributed by atoms with E-state index in [0.29, 0.717) is 19.5 Å². The quantitative estimate of drug-likeness (QED) is 0.700. The smallest absolute Gasteiger partial charge is 0.314 e. The summed E-state index contributed by atoms with van der Waals surface area (Å²) >= 11 is 0. The molecule has 1 aliphatic heterocycles. The number of piperazine rings is 1. The van der Waals surface area contributed by atoms with E-state index in [1.807, 2.05) is 13.8 Å². The summed E-state index contributed by atoms with van der Waals surface area (Å²) in [5, 5.41) is 3.25. The minimum atomic E-state index is -2.89. The lowest BCUT2D eigenvalue weighted by Gasteiger charge is -2.29. The van der Waals surface area contributed by atoms with Gasteiger partial charge in [0.05, 0.1) is 13.2 Å². The summed E-state index contributed by atoms with van der Waals surface area (Å²) in [6.45, 7) is 8.24. The Kier molecular flexibility index (Phi) is 5.79. The SMILES string of the molecule is CCOP(=O)(CN1CCNCC1)OCC. The minimum Gasteiger partial charge on any atom is -0.314 e. The first-order chi connectivity index (χ1) is 7.20. The van der Waals surface area contributed by atoms with E-state index in [1.165, 1.54) is 0 Å². The molecule has 0 aromatic carbocycles. The topological polar surface area (TPSA) is 50.8 Å². The maximum atomic E-state index is 12.2. The normalized spacial score (nSPS) is 19.3. The summed E-state index contributed by atoms with van der Waals surface area (Å²) in [6.07, 6.45) is 0.413. The van der Waals surface area contributed by atoms with Gasteiger partial charge in [0.15, 0.2) is 0 Å². The van der Waals surface area contributed by atoms with Gasteiger partial charge in [-0.15, -0.1) is 0 Å². The Hall–Kier alpha value is 0.0700. The molecule has 1 heterocycles. The Bertz CT molecular complexity index is 209. The molecule has 0 aromatic heterocycles. The third-order valence-corrected chi connectivity index (χ3v) is 4.28. The van der Waals surface area contributed by atoms with E-state index < -0.39 is 7.60 Å². The highest BCUT2D eigenvalue weighted by Crippen LogP contribution is 2.48. The molecule has 1 aliphatic rings. The van der Waals surface area contributed by atoms with Gasteiger partial charge in [0.1, 0.15) is 6.29 Å². The molecule has 90 valence electrons. The van der Waals surface area contributed by atoms with Crippen molar-refractivity contribution in [2.24, 2.45) is 0 Å². The number of nitrogens with zero attached hydrogens (tertiary/aromatic N) is 1. The predicted octanol–water partition coefficient (Wildman–Crippen LogP) is 1.12. The molecule has 0 aliphatic carbocycles. The van der Waals surface area contributed by atoms with Crippen molar-refractivity contribution >= 4 is 7.60 Å². The largest absolute Gasteiger partial charge is 0.344 e. The molecule has 0 saturated carbocycles. The molecule has 0 unspecified atom stereocenters. The van der Waals surface area contributed by atoms with Crippen LogP contribution in [0.25, 0.3) is 0 Å². The van der Waals surface area contributed by atoms with E-state index in [1.54, 1.807) is 0 Å². The first-order valence-electron chi connectivity index (χ1n) is 5.51. The van der Waals surface area contributed by atoms with Crippen LogP contribution < -0.4 is 5.32 Å². The summed E-state index contributed by atoms with van der Waals surface area (Å²) < 4.78 is 22.7. The third kappa shape index (κ3) is 4.62. The zero-order chi connectivity index (χ0) is 11.1. The van der Waals surface area contributed by atoms with Gasteiger partial charge in [0, 0.05) is 26.2 Å². The van der Waals surface area contributed by atoms with Crippen LogP contribution in [0.4, 0.5) is 0 Å². The van der Waals surface area contributed by atoms with E-state index >= 15 is 0 Å². The first kappa shape index (κ1) is 13.1. The van der Waals surface area contributed by atoms with E-state index in [-0.39, 0.29) is 0 Å². The molecule has 0 atom stereocenters. The average Bonchev–Trinajstić information content (AvgIpc) is 2.19. The summed E-state index contributed by atoms with van der Waals surface area (Å²) in [5.74, 6) is 0. The summed E-state index contributed by atoms with van der Waals surface area (Å²) in [6, 6.07) is 0. The third-order valence-electron chi connectivity index (χ3n) is 2.23. The molecule has 1 fully saturated rings. The van der Waals surface area contributed by atoms with Gasteiger partial charge in [0.25, 0.3) is 0 Å². The van der Waals surface area contributed by atoms with Crippen molar-refractivity contribution in [3.63, 3.8) is 0 Å². The van der Waals surface area contributed by atoms with E-state index in [2.05, 4.69) is 10.2 Å². The summed E-state index contributed by atoms with van der Waals surface area (Å²) in [4.78, 5) is 2.13. The van der Waals surface area contributed by atoms with Crippen LogP contribution in [-0.2, 0) is 13.6 Å². The van der Waals surface area contributed by atoms with Crippen LogP contribution >= 0.6 is 7.60 Å². The molecule has 5 nitrogen and oxygen atoms in total. The molecule has 0 amide bonds. The van der Waals surface area contributed by atoms with Crippen LogP contribution in [0.15, 0.2) is 0 Å². The molecule has 1 rings (SSSR count). The zero-order valence-electron chi connectivity index (χ0n) is 9.57. The van der Waals surface area contributed by atoms with E-state index in [0.717, 1.165) is 26.2 Å². The fourth-order valence-electron chi connectivity index (χ4n) is 1.61.